The smallest absolute Gasteiger partial charge is 0.320 e. The van der Waals surface area contributed by atoms with Crippen molar-refractivity contribution in [2.75, 3.05) is 0 Å². The predicted molar refractivity (Wildman–Crippen MR) is 88.8 cm³/mol. The molecule has 0 saturated heterocycles. The Kier molecular flexibility index (Phi) is 8.95. The molecule has 1 aromatic rings. The van der Waals surface area contributed by atoms with Crippen molar-refractivity contribution in [2.24, 2.45) is 5.73 Å². The van der Waals surface area contributed by atoms with Crippen molar-refractivity contribution in [3.05, 3.63) is 29.3 Å². The van der Waals surface area contributed by atoms with E-state index in [1.165, 1.54) is 0 Å². The van der Waals surface area contributed by atoms with E-state index in [0.29, 0.717) is 17.6 Å². The van der Waals surface area contributed by atoms with Crippen molar-refractivity contribution in [2.45, 2.75) is 58.4 Å². The van der Waals surface area contributed by atoms with Crippen LogP contribution in [0.25, 0.3) is 0 Å². The first-order valence-corrected chi connectivity index (χ1v) is 7.59. The lowest BCUT2D eigenvalue weighted by atomic mass is 9.94. The van der Waals surface area contributed by atoms with Gasteiger partial charge in [-0.25, -0.2) is 0 Å². The topological polar surface area (TPSA) is 121 Å². The van der Waals surface area contributed by atoms with Crippen molar-refractivity contribution < 1.29 is 24.9 Å². The minimum Gasteiger partial charge on any atom is -0.507 e. The molecule has 0 aromatic heterocycles. The molecule has 6 nitrogen and oxygen atoms in total. The highest BCUT2D eigenvalue weighted by Gasteiger charge is 2.12. The van der Waals surface area contributed by atoms with E-state index in [-0.39, 0.29) is 12.8 Å². The largest absolute Gasteiger partial charge is 0.507 e. The van der Waals surface area contributed by atoms with E-state index in [2.05, 4.69) is 27.7 Å². The molecule has 0 saturated carbocycles. The zero-order valence-corrected chi connectivity index (χ0v) is 14.1. The zero-order valence-electron chi connectivity index (χ0n) is 14.1. The molecule has 1 unspecified atom stereocenters. The third-order valence-corrected chi connectivity index (χ3v) is 3.33. The van der Waals surface area contributed by atoms with Crippen LogP contribution in [0.3, 0.4) is 0 Å². The Morgan fingerprint density at radius 3 is 1.78 bits per heavy atom. The number of carboxylic acids is 2. The number of nitrogens with two attached hydrogens (primary N) is 1. The van der Waals surface area contributed by atoms with Crippen molar-refractivity contribution >= 4 is 11.9 Å². The van der Waals surface area contributed by atoms with E-state index in [0.717, 1.165) is 11.1 Å². The fourth-order valence-electron chi connectivity index (χ4n) is 1.91. The van der Waals surface area contributed by atoms with Gasteiger partial charge in [-0.2, -0.15) is 0 Å². The van der Waals surface area contributed by atoms with E-state index >= 15 is 0 Å². The molecule has 0 fully saturated rings. The van der Waals surface area contributed by atoms with E-state index in [9.17, 15) is 14.7 Å². The first-order chi connectivity index (χ1) is 10.6. The molecule has 0 radical (unpaired) electrons. The molecule has 6 heteroatoms. The van der Waals surface area contributed by atoms with Gasteiger partial charge in [-0.05, 0) is 29.4 Å². The van der Waals surface area contributed by atoms with Gasteiger partial charge in [0, 0.05) is 6.42 Å². The number of aliphatic carboxylic acids is 2. The maximum atomic E-state index is 9.99. The van der Waals surface area contributed by atoms with Gasteiger partial charge in [-0.1, -0.05) is 45.9 Å². The lowest BCUT2D eigenvalue weighted by Gasteiger charge is -2.14. The number of para-hydroxylation sites is 1. The third kappa shape index (κ3) is 7.65. The third-order valence-electron chi connectivity index (χ3n) is 3.33. The van der Waals surface area contributed by atoms with E-state index in [1.54, 1.807) is 0 Å². The van der Waals surface area contributed by atoms with Crippen molar-refractivity contribution in [1.29, 1.82) is 0 Å². The minimum atomic E-state index is -1.17. The number of phenols is 1. The Balaban J connectivity index is 0.000000438. The summed E-state index contributed by atoms with van der Waals surface area (Å²) < 4.78 is 0. The maximum Gasteiger partial charge on any atom is 0.320 e. The monoisotopic (exact) mass is 325 g/mol. The summed E-state index contributed by atoms with van der Waals surface area (Å²) in [5.41, 5.74) is 7.10. The van der Waals surface area contributed by atoms with Gasteiger partial charge in [-0.3, -0.25) is 9.59 Å². The predicted octanol–water partition coefficient (Wildman–Crippen LogP) is 2.90. The number of rotatable bonds is 6. The molecule has 0 aliphatic heterocycles. The van der Waals surface area contributed by atoms with Crippen LogP contribution >= 0.6 is 0 Å². The Morgan fingerprint density at radius 1 is 1.04 bits per heavy atom. The molecule has 130 valence electrons. The molecular formula is C17H27NO5. The molecule has 0 spiro atoms. The molecule has 1 rings (SSSR count). The van der Waals surface area contributed by atoms with Crippen molar-refractivity contribution in [3.63, 3.8) is 0 Å². The first kappa shape index (κ1) is 20.9. The fraction of sp³-hybridized carbons (Fsp3) is 0.529. The minimum absolute atomic E-state index is 0.0231. The highest BCUT2D eigenvalue weighted by Crippen LogP contribution is 2.32. The highest BCUT2D eigenvalue weighted by atomic mass is 16.4. The van der Waals surface area contributed by atoms with Gasteiger partial charge in [0.1, 0.15) is 11.8 Å². The first-order valence-electron chi connectivity index (χ1n) is 7.59. The molecule has 0 bridgehead atoms. The number of carboxylic acid groups (broad SMARTS) is 2. The maximum absolute atomic E-state index is 9.99. The molecule has 5 N–H and O–H groups in total. The Bertz CT molecular complexity index is 499. The van der Waals surface area contributed by atoms with Crippen LogP contribution in [0.2, 0.25) is 0 Å². The summed E-state index contributed by atoms with van der Waals surface area (Å²) in [4.78, 5) is 19.9. The lowest BCUT2D eigenvalue weighted by Crippen LogP contribution is -2.30. The summed E-state index contributed by atoms with van der Waals surface area (Å²) in [6.07, 6.45) is -0.224. The molecular weight excluding hydrogens is 298 g/mol. The standard InChI is InChI=1S/C12H18O.C5H9NO4/c1-8(2)10-6-5-7-11(9(3)4)12(10)13;6-3(5(9)10)1-2-4(7)8/h5-9,13H,1-4H3;3H,1-2,6H2,(H,7,8)(H,9,10). The van der Waals surface area contributed by atoms with Gasteiger partial charge < -0.3 is 21.1 Å². The number of aromatic hydroxyl groups is 1. The van der Waals surface area contributed by atoms with Crippen LogP contribution in [0.5, 0.6) is 5.75 Å². The van der Waals surface area contributed by atoms with Crippen LogP contribution in [0.1, 0.15) is 63.5 Å². The average molecular weight is 325 g/mol. The van der Waals surface area contributed by atoms with Crippen LogP contribution in [-0.2, 0) is 9.59 Å². The summed E-state index contributed by atoms with van der Waals surface area (Å²) in [6.45, 7) is 8.39. The second kappa shape index (κ2) is 9.84. The Morgan fingerprint density at radius 2 is 1.48 bits per heavy atom. The normalized spacial score (nSPS) is 11.8. The molecule has 23 heavy (non-hydrogen) atoms. The molecule has 0 amide bonds. The summed E-state index contributed by atoms with van der Waals surface area (Å²) >= 11 is 0. The number of hydrogen-bond acceptors (Lipinski definition) is 4. The number of benzene rings is 1. The van der Waals surface area contributed by atoms with Crippen LogP contribution in [0.4, 0.5) is 0 Å². The van der Waals surface area contributed by atoms with Gasteiger partial charge in [0.05, 0.1) is 0 Å². The van der Waals surface area contributed by atoms with Crippen LogP contribution < -0.4 is 5.73 Å². The molecule has 0 heterocycles. The van der Waals surface area contributed by atoms with E-state index in [4.69, 9.17) is 15.9 Å². The lowest BCUT2D eigenvalue weighted by molar-refractivity contribution is -0.139. The fourth-order valence-corrected chi connectivity index (χ4v) is 1.91. The molecule has 1 atom stereocenters. The van der Waals surface area contributed by atoms with Crippen molar-refractivity contribution in [1.82, 2.24) is 0 Å². The Hall–Kier alpha value is -2.08. The molecule has 0 aliphatic carbocycles. The van der Waals surface area contributed by atoms with Gasteiger partial charge >= 0.3 is 11.9 Å². The summed E-state index contributed by atoms with van der Waals surface area (Å²) in [5, 5.41) is 26.2. The number of phenolic OH excluding ortho intramolecular Hbond substituents is 1. The molecule has 1 aromatic carbocycles. The second-order valence-corrected chi connectivity index (χ2v) is 5.97. The number of hydrogen-bond donors (Lipinski definition) is 4. The van der Waals surface area contributed by atoms with Gasteiger partial charge in [-0.15, -0.1) is 0 Å². The van der Waals surface area contributed by atoms with Crippen LogP contribution in [0, 0.1) is 0 Å². The van der Waals surface area contributed by atoms with Crippen LogP contribution in [-0.4, -0.2) is 33.3 Å². The van der Waals surface area contributed by atoms with Gasteiger partial charge in [0.2, 0.25) is 0 Å². The molecule has 0 aliphatic rings. The van der Waals surface area contributed by atoms with Crippen LogP contribution in [0.15, 0.2) is 18.2 Å². The highest BCUT2D eigenvalue weighted by molar-refractivity contribution is 5.74. The number of carbonyl (C=O) groups is 2. The van der Waals surface area contributed by atoms with E-state index < -0.39 is 18.0 Å². The van der Waals surface area contributed by atoms with Gasteiger partial charge in [0.25, 0.3) is 0 Å². The Labute approximate surface area is 136 Å². The second-order valence-electron chi connectivity index (χ2n) is 5.97. The van der Waals surface area contributed by atoms with Crippen molar-refractivity contribution in [3.8, 4) is 5.75 Å². The van der Waals surface area contributed by atoms with Gasteiger partial charge in [0.15, 0.2) is 0 Å². The zero-order chi connectivity index (χ0) is 18.2. The summed E-state index contributed by atoms with van der Waals surface area (Å²) in [7, 11) is 0. The quantitative estimate of drug-likeness (QED) is 0.638. The SMILES string of the molecule is CC(C)c1cccc(C(C)C)c1O.NC(CCC(=O)O)C(=O)O. The average Bonchev–Trinajstić information content (AvgIpc) is 2.44. The summed E-state index contributed by atoms with van der Waals surface area (Å²) in [5.74, 6) is -0.942. The van der Waals surface area contributed by atoms with E-state index in [1.807, 2.05) is 18.2 Å². The summed E-state index contributed by atoms with van der Waals surface area (Å²) in [6, 6.07) is 4.94.